The molecule has 110 valence electrons. The van der Waals surface area contributed by atoms with Gasteiger partial charge in [-0.15, -0.1) is 0 Å². The Morgan fingerprint density at radius 1 is 1.14 bits per heavy atom. The fourth-order valence-electron chi connectivity index (χ4n) is 2.53. The van der Waals surface area contributed by atoms with Crippen LogP contribution in [0.25, 0.3) is 6.08 Å². The molecule has 0 saturated carbocycles. The standard InChI is InChI=1S/C17H14N2O3/c20-17(18-12-11-14-3-1-2-4-16(14)18)10-7-13-5-8-15(9-6-13)19(21)22/h1-10H,11-12H2. The second kappa shape index (κ2) is 5.81. The number of non-ortho nitro benzene ring substituents is 1. The van der Waals surface area contributed by atoms with E-state index < -0.39 is 4.92 Å². The number of nitrogens with zero attached hydrogens (tertiary/aromatic N) is 2. The average Bonchev–Trinajstić information content (AvgIpc) is 2.97. The molecule has 5 heteroatoms. The summed E-state index contributed by atoms with van der Waals surface area (Å²) in [5.41, 5.74) is 2.93. The van der Waals surface area contributed by atoms with E-state index in [1.807, 2.05) is 24.3 Å². The zero-order valence-corrected chi connectivity index (χ0v) is 11.8. The van der Waals surface area contributed by atoms with Crippen LogP contribution in [-0.2, 0) is 11.2 Å². The van der Waals surface area contributed by atoms with Gasteiger partial charge in [0, 0.05) is 30.4 Å². The summed E-state index contributed by atoms with van der Waals surface area (Å²) in [7, 11) is 0. The number of para-hydroxylation sites is 1. The normalized spacial score (nSPS) is 13.4. The summed E-state index contributed by atoms with van der Waals surface area (Å²) in [5, 5.41) is 10.6. The third-order valence-electron chi connectivity index (χ3n) is 3.68. The van der Waals surface area contributed by atoms with Crippen LogP contribution >= 0.6 is 0 Å². The maximum atomic E-state index is 12.3. The molecule has 0 radical (unpaired) electrons. The highest BCUT2D eigenvalue weighted by Gasteiger charge is 2.22. The van der Waals surface area contributed by atoms with E-state index in [0.29, 0.717) is 6.54 Å². The minimum atomic E-state index is -0.445. The summed E-state index contributed by atoms with van der Waals surface area (Å²) in [6, 6.07) is 14.0. The van der Waals surface area contributed by atoms with E-state index in [-0.39, 0.29) is 11.6 Å². The first-order chi connectivity index (χ1) is 10.6. The number of hydrogen-bond donors (Lipinski definition) is 0. The molecule has 0 aromatic heterocycles. The van der Waals surface area contributed by atoms with E-state index >= 15 is 0 Å². The molecule has 0 saturated heterocycles. The van der Waals surface area contributed by atoms with Crippen molar-refractivity contribution in [3.05, 3.63) is 75.8 Å². The Kier molecular flexibility index (Phi) is 3.70. The molecule has 1 aliphatic heterocycles. The first kappa shape index (κ1) is 14.0. The van der Waals surface area contributed by atoms with Crippen molar-refractivity contribution in [1.82, 2.24) is 0 Å². The summed E-state index contributed by atoms with van der Waals surface area (Å²) >= 11 is 0. The van der Waals surface area contributed by atoms with Crippen LogP contribution in [0.5, 0.6) is 0 Å². The number of amides is 1. The summed E-state index contributed by atoms with van der Waals surface area (Å²) in [4.78, 5) is 24.2. The van der Waals surface area contributed by atoms with E-state index in [2.05, 4.69) is 0 Å². The van der Waals surface area contributed by atoms with Gasteiger partial charge in [0.25, 0.3) is 11.6 Å². The molecular weight excluding hydrogens is 280 g/mol. The van der Waals surface area contributed by atoms with Crippen molar-refractivity contribution in [1.29, 1.82) is 0 Å². The smallest absolute Gasteiger partial charge is 0.269 e. The molecule has 0 N–H and O–H groups in total. The Balaban J connectivity index is 1.73. The Labute approximate surface area is 127 Å². The van der Waals surface area contributed by atoms with Gasteiger partial charge in [-0.25, -0.2) is 0 Å². The molecule has 0 fully saturated rings. The molecule has 2 aromatic rings. The quantitative estimate of drug-likeness (QED) is 0.496. The molecule has 0 atom stereocenters. The van der Waals surface area contributed by atoms with Crippen LogP contribution in [0.4, 0.5) is 11.4 Å². The van der Waals surface area contributed by atoms with E-state index in [1.54, 1.807) is 23.1 Å². The van der Waals surface area contributed by atoms with Crippen molar-refractivity contribution in [2.45, 2.75) is 6.42 Å². The average molecular weight is 294 g/mol. The fourth-order valence-corrected chi connectivity index (χ4v) is 2.53. The monoisotopic (exact) mass is 294 g/mol. The van der Waals surface area contributed by atoms with Crippen molar-refractivity contribution in [3.63, 3.8) is 0 Å². The van der Waals surface area contributed by atoms with Gasteiger partial charge in [0.05, 0.1) is 4.92 Å². The number of carbonyl (C=O) groups excluding carboxylic acids is 1. The van der Waals surface area contributed by atoms with Gasteiger partial charge in [-0.05, 0) is 41.8 Å². The predicted molar refractivity (Wildman–Crippen MR) is 84.6 cm³/mol. The van der Waals surface area contributed by atoms with Crippen LogP contribution in [0.1, 0.15) is 11.1 Å². The summed E-state index contributed by atoms with van der Waals surface area (Å²) in [6.45, 7) is 0.683. The maximum Gasteiger partial charge on any atom is 0.269 e. The van der Waals surface area contributed by atoms with E-state index in [4.69, 9.17) is 0 Å². The van der Waals surface area contributed by atoms with Crippen LogP contribution in [0.3, 0.4) is 0 Å². The first-order valence-electron chi connectivity index (χ1n) is 6.97. The molecule has 0 unspecified atom stereocenters. The maximum absolute atomic E-state index is 12.3. The van der Waals surface area contributed by atoms with E-state index in [0.717, 1.165) is 17.7 Å². The number of anilines is 1. The zero-order valence-electron chi connectivity index (χ0n) is 11.8. The lowest BCUT2D eigenvalue weighted by molar-refractivity contribution is -0.384. The Morgan fingerprint density at radius 3 is 2.59 bits per heavy atom. The minimum Gasteiger partial charge on any atom is -0.308 e. The Hall–Kier alpha value is -2.95. The van der Waals surface area contributed by atoms with Crippen LogP contribution in [0.2, 0.25) is 0 Å². The van der Waals surface area contributed by atoms with Crippen molar-refractivity contribution >= 4 is 23.4 Å². The second-order valence-corrected chi connectivity index (χ2v) is 5.05. The lowest BCUT2D eigenvalue weighted by Crippen LogP contribution is -2.26. The van der Waals surface area contributed by atoms with Gasteiger partial charge in [-0.3, -0.25) is 14.9 Å². The molecule has 2 aromatic carbocycles. The Bertz CT molecular complexity index is 751. The number of fused-ring (bicyclic) bond motifs is 1. The largest absolute Gasteiger partial charge is 0.308 e. The highest BCUT2D eigenvalue weighted by molar-refractivity contribution is 6.05. The highest BCUT2D eigenvalue weighted by Crippen LogP contribution is 2.27. The summed E-state index contributed by atoms with van der Waals surface area (Å²) in [5.74, 6) is -0.0803. The summed E-state index contributed by atoms with van der Waals surface area (Å²) < 4.78 is 0. The zero-order chi connectivity index (χ0) is 15.5. The van der Waals surface area contributed by atoms with Crippen molar-refractivity contribution in [2.75, 3.05) is 11.4 Å². The van der Waals surface area contributed by atoms with Crippen molar-refractivity contribution < 1.29 is 9.72 Å². The predicted octanol–water partition coefficient (Wildman–Crippen LogP) is 3.20. The van der Waals surface area contributed by atoms with Gasteiger partial charge in [0.1, 0.15) is 0 Å². The third kappa shape index (κ3) is 2.74. The minimum absolute atomic E-state index is 0.0388. The molecular formula is C17H14N2O3. The van der Waals surface area contributed by atoms with E-state index in [1.165, 1.54) is 23.8 Å². The summed E-state index contributed by atoms with van der Waals surface area (Å²) in [6.07, 6.45) is 4.05. The Morgan fingerprint density at radius 2 is 1.86 bits per heavy atom. The third-order valence-corrected chi connectivity index (χ3v) is 3.68. The van der Waals surface area contributed by atoms with Gasteiger partial charge in [0.2, 0.25) is 0 Å². The van der Waals surface area contributed by atoms with Crippen molar-refractivity contribution in [3.8, 4) is 0 Å². The topological polar surface area (TPSA) is 63.4 Å². The highest BCUT2D eigenvalue weighted by atomic mass is 16.6. The molecule has 1 amide bonds. The SMILES string of the molecule is O=C(C=Cc1ccc([N+](=O)[O-])cc1)N1CCc2ccccc21. The number of benzene rings is 2. The molecule has 0 aliphatic carbocycles. The van der Waals surface area contributed by atoms with Crippen LogP contribution < -0.4 is 4.90 Å². The van der Waals surface area contributed by atoms with Crippen LogP contribution in [0.15, 0.2) is 54.6 Å². The molecule has 0 spiro atoms. The van der Waals surface area contributed by atoms with E-state index in [9.17, 15) is 14.9 Å². The number of hydrogen-bond acceptors (Lipinski definition) is 3. The molecule has 5 nitrogen and oxygen atoms in total. The van der Waals surface area contributed by atoms with Crippen molar-refractivity contribution in [2.24, 2.45) is 0 Å². The van der Waals surface area contributed by atoms with Gasteiger partial charge < -0.3 is 4.90 Å². The van der Waals surface area contributed by atoms with Crippen LogP contribution in [0, 0.1) is 10.1 Å². The fraction of sp³-hybridized carbons (Fsp3) is 0.118. The molecule has 1 heterocycles. The molecule has 3 rings (SSSR count). The number of nitro groups is 1. The lowest BCUT2D eigenvalue weighted by Gasteiger charge is -2.14. The second-order valence-electron chi connectivity index (χ2n) is 5.05. The van der Waals surface area contributed by atoms with Crippen LogP contribution in [-0.4, -0.2) is 17.4 Å². The molecule has 22 heavy (non-hydrogen) atoms. The molecule has 1 aliphatic rings. The van der Waals surface area contributed by atoms with Gasteiger partial charge in [-0.1, -0.05) is 18.2 Å². The number of rotatable bonds is 3. The number of nitro benzene ring substituents is 1. The van der Waals surface area contributed by atoms with Gasteiger partial charge in [0.15, 0.2) is 0 Å². The number of carbonyl (C=O) groups is 1. The van der Waals surface area contributed by atoms with Gasteiger partial charge >= 0.3 is 0 Å². The first-order valence-corrected chi connectivity index (χ1v) is 6.97. The van der Waals surface area contributed by atoms with Gasteiger partial charge in [-0.2, -0.15) is 0 Å². The lowest BCUT2D eigenvalue weighted by atomic mass is 10.2. The molecule has 0 bridgehead atoms.